The number of hydrogen-bond donors (Lipinski definition) is 1. The molecular formula is C11H11FN2O2. The first kappa shape index (κ1) is 12.0. The molecule has 0 aliphatic heterocycles. The second kappa shape index (κ2) is 4.62. The van der Waals surface area contributed by atoms with Crippen LogP contribution in [0.25, 0.3) is 0 Å². The summed E-state index contributed by atoms with van der Waals surface area (Å²) in [4.78, 5) is 11.5. The smallest absolute Gasteiger partial charge is 0.342 e. The molecule has 0 aliphatic carbocycles. The molecule has 0 saturated heterocycles. The molecule has 0 bridgehead atoms. The van der Waals surface area contributed by atoms with Gasteiger partial charge in [0.25, 0.3) is 0 Å². The minimum absolute atomic E-state index is 0.250. The van der Waals surface area contributed by atoms with E-state index in [9.17, 15) is 9.18 Å². The second-order valence-electron chi connectivity index (χ2n) is 3.38. The average Bonchev–Trinajstić information content (AvgIpc) is 2.22. The van der Waals surface area contributed by atoms with Gasteiger partial charge >= 0.3 is 5.97 Å². The third-order valence-corrected chi connectivity index (χ3v) is 1.96. The van der Waals surface area contributed by atoms with Gasteiger partial charge < -0.3 is 10.5 Å². The van der Waals surface area contributed by atoms with Crippen LogP contribution < -0.4 is 5.73 Å². The van der Waals surface area contributed by atoms with Crippen molar-refractivity contribution in [2.75, 3.05) is 5.73 Å². The molecule has 0 spiro atoms. The van der Waals surface area contributed by atoms with Crippen LogP contribution in [0.1, 0.15) is 22.8 Å². The Morgan fingerprint density at radius 2 is 2.25 bits per heavy atom. The lowest BCUT2D eigenvalue weighted by atomic mass is 10.1. The van der Waals surface area contributed by atoms with Crippen molar-refractivity contribution in [2.45, 2.75) is 20.0 Å². The van der Waals surface area contributed by atoms with Crippen molar-refractivity contribution in [2.24, 2.45) is 0 Å². The maximum atomic E-state index is 13.5. The zero-order chi connectivity index (χ0) is 12.3. The lowest BCUT2D eigenvalue weighted by molar-refractivity contribution is 0.0430. The first-order chi connectivity index (χ1) is 7.45. The van der Waals surface area contributed by atoms with Gasteiger partial charge in [-0.15, -0.1) is 0 Å². The molecule has 0 aliphatic rings. The monoisotopic (exact) mass is 222 g/mol. The fourth-order valence-electron chi connectivity index (χ4n) is 1.20. The van der Waals surface area contributed by atoms with Crippen molar-refractivity contribution < 1.29 is 13.9 Å². The third-order valence-electron chi connectivity index (χ3n) is 1.96. The summed E-state index contributed by atoms with van der Waals surface area (Å²) in [5.41, 5.74) is 5.77. The van der Waals surface area contributed by atoms with Crippen LogP contribution in [-0.2, 0) is 4.74 Å². The highest BCUT2D eigenvalue weighted by atomic mass is 19.1. The van der Waals surface area contributed by atoms with Crippen LogP contribution in [-0.4, -0.2) is 12.1 Å². The quantitative estimate of drug-likeness (QED) is 0.611. The number of hydrogen-bond acceptors (Lipinski definition) is 4. The van der Waals surface area contributed by atoms with E-state index in [0.29, 0.717) is 0 Å². The van der Waals surface area contributed by atoms with Crippen LogP contribution in [0, 0.1) is 24.1 Å². The van der Waals surface area contributed by atoms with Gasteiger partial charge in [0, 0.05) is 5.69 Å². The number of halogens is 1. The Morgan fingerprint density at radius 1 is 1.62 bits per heavy atom. The highest BCUT2D eigenvalue weighted by Crippen LogP contribution is 2.18. The number of esters is 1. The molecule has 0 fully saturated rings. The van der Waals surface area contributed by atoms with Gasteiger partial charge in [0.05, 0.1) is 5.56 Å². The van der Waals surface area contributed by atoms with E-state index in [2.05, 4.69) is 4.74 Å². The zero-order valence-electron chi connectivity index (χ0n) is 8.95. The number of carbonyl (C=O) groups is 1. The predicted molar refractivity (Wildman–Crippen MR) is 56.0 cm³/mol. The summed E-state index contributed by atoms with van der Waals surface area (Å²) in [6.45, 7) is 2.89. The predicted octanol–water partition coefficient (Wildman–Crippen LogP) is 1.79. The maximum absolute atomic E-state index is 13.5. The maximum Gasteiger partial charge on any atom is 0.342 e. The van der Waals surface area contributed by atoms with Gasteiger partial charge in [0.2, 0.25) is 0 Å². The van der Waals surface area contributed by atoms with Gasteiger partial charge in [-0.05, 0) is 31.5 Å². The molecule has 1 aromatic rings. The Morgan fingerprint density at radius 3 is 2.81 bits per heavy atom. The molecule has 0 radical (unpaired) electrons. The lowest BCUT2D eigenvalue weighted by Crippen LogP contribution is -2.15. The summed E-state index contributed by atoms with van der Waals surface area (Å²) in [5.74, 6) is -1.56. The lowest BCUT2D eigenvalue weighted by Gasteiger charge is -2.08. The van der Waals surface area contributed by atoms with E-state index < -0.39 is 17.9 Å². The van der Waals surface area contributed by atoms with Crippen molar-refractivity contribution in [3.05, 3.63) is 29.1 Å². The van der Waals surface area contributed by atoms with Crippen molar-refractivity contribution in [1.82, 2.24) is 0 Å². The van der Waals surface area contributed by atoms with Gasteiger partial charge in [0.15, 0.2) is 6.10 Å². The van der Waals surface area contributed by atoms with Crippen molar-refractivity contribution in [3.8, 4) is 6.07 Å². The summed E-state index contributed by atoms with van der Waals surface area (Å²) >= 11 is 0. The van der Waals surface area contributed by atoms with Gasteiger partial charge in [-0.3, -0.25) is 0 Å². The number of nitrogens with two attached hydrogens (primary N) is 1. The molecule has 0 amide bonds. The number of ether oxygens (including phenoxy) is 1. The van der Waals surface area contributed by atoms with Crippen molar-refractivity contribution >= 4 is 11.7 Å². The third kappa shape index (κ3) is 2.48. The number of nitrogen functional groups attached to an aromatic ring is 1. The summed E-state index contributed by atoms with van der Waals surface area (Å²) in [6.07, 6.45) is -0.923. The van der Waals surface area contributed by atoms with E-state index >= 15 is 0 Å². The zero-order valence-corrected chi connectivity index (χ0v) is 8.95. The van der Waals surface area contributed by atoms with E-state index in [0.717, 1.165) is 0 Å². The van der Waals surface area contributed by atoms with E-state index in [1.54, 1.807) is 6.07 Å². The fraction of sp³-hybridized carbons (Fsp3) is 0.273. The molecule has 0 saturated carbocycles. The number of aryl methyl sites for hydroxylation is 1. The minimum atomic E-state index is -0.923. The number of anilines is 1. The SMILES string of the molecule is Cc1cc(N)cc(C(=O)OC(C)C#N)c1F. The Balaban J connectivity index is 3.05. The molecular weight excluding hydrogens is 211 g/mol. The van der Waals surface area contributed by atoms with Crippen molar-refractivity contribution in [3.63, 3.8) is 0 Å². The van der Waals surface area contributed by atoms with Gasteiger partial charge in [-0.2, -0.15) is 5.26 Å². The molecule has 4 nitrogen and oxygen atoms in total. The highest BCUT2D eigenvalue weighted by Gasteiger charge is 2.18. The Hall–Kier alpha value is -2.09. The molecule has 2 N–H and O–H groups in total. The normalized spacial score (nSPS) is 11.6. The first-order valence-corrected chi connectivity index (χ1v) is 4.62. The van der Waals surface area contributed by atoms with Crippen LogP contribution in [0.15, 0.2) is 12.1 Å². The number of rotatable bonds is 2. The summed E-state index contributed by atoms with van der Waals surface area (Å²) in [5, 5.41) is 8.46. The summed E-state index contributed by atoms with van der Waals surface area (Å²) in [6, 6.07) is 4.32. The topological polar surface area (TPSA) is 76.1 Å². The van der Waals surface area contributed by atoms with E-state index in [-0.39, 0.29) is 16.8 Å². The number of nitrogens with zero attached hydrogens (tertiary/aromatic N) is 1. The number of carbonyl (C=O) groups excluding carboxylic acids is 1. The Kier molecular flexibility index (Phi) is 3.46. The number of nitriles is 1. The molecule has 1 atom stereocenters. The van der Waals surface area contributed by atoms with Crippen LogP contribution >= 0.6 is 0 Å². The highest BCUT2D eigenvalue weighted by molar-refractivity contribution is 5.91. The molecule has 0 aromatic heterocycles. The molecule has 84 valence electrons. The van der Waals surface area contributed by atoms with E-state index in [4.69, 9.17) is 11.0 Å². The molecule has 16 heavy (non-hydrogen) atoms. The molecule has 0 heterocycles. The fourth-order valence-corrected chi connectivity index (χ4v) is 1.20. The van der Waals surface area contributed by atoms with Gasteiger partial charge in [-0.25, -0.2) is 9.18 Å². The Bertz CT molecular complexity index is 466. The summed E-state index contributed by atoms with van der Waals surface area (Å²) in [7, 11) is 0. The first-order valence-electron chi connectivity index (χ1n) is 4.62. The molecule has 1 rings (SSSR count). The van der Waals surface area contributed by atoms with Crippen LogP contribution in [0.3, 0.4) is 0 Å². The van der Waals surface area contributed by atoms with E-state index in [1.165, 1.54) is 26.0 Å². The van der Waals surface area contributed by atoms with Crippen molar-refractivity contribution in [1.29, 1.82) is 5.26 Å². The molecule has 5 heteroatoms. The summed E-state index contributed by atoms with van der Waals surface area (Å²) < 4.78 is 18.2. The number of benzene rings is 1. The van der Waals surface area contributed by atoms with Crippen LogP contribution in [0.5, 0.6) is 0 Å². The second-order valence-corrected chi connectivity index (χ2v) is 3.38. The average molecular weight is 222 g/mol. The van der Waals surface area contributed by atoms with Gasteiger partial charge in [0.1, 0.15) is 11.9 Å². The van der Waals surface area contributed by atoms with Crippen LogP contribution in [0.4, 0.5) is 10.1 Å². The van der Waals surface area contributed by atoms with Gasteiger partial charge in [-0.1, -0.05) is 0 Å². The largest absolute Gasteiger partial charge is 0.444 e. The molecule has 1 aromatic carbocycles. The van der Waals surface area contributed by atoms with E-state index in [1.807, 2.05) is 0 Å². The Labute approximate surface area is 92.4 Å². The van der Waals surface area contributed by atoms with Crippen LogP contribution in [0.2, 0.25) is 0 Å². The standard InChI is InChI=1S/C11H11FN2O2/c1-6-3-8(14)4-9(10(6)12)11(15)16-7(2)5-13/h3-4,7H,14H2,1-2H3. The molecule has 1 unspecified atom stereocenters. The minimum Gasteiger partial charge on any atom is -0.444 e.